The van der Waals surface area contributed by atoms with Crippen LogP contribution in [0.15, 0.2) is 18.3 Å². The summed E-state index contributed by atoms with van der Waals surface area (Å²) in [5.74, 6) is 0. The highest BCUT2D eigenvalue weighted by molar-refractivity contribution is 5.85. The molecule has 0 saturated carbocycles. The van der Waals surface area contributed by atoms with Crippen LogP contribution >= 0.6 is 12.4 Å². The van der Waals surface area contributed by atoms with Gasteiger partial charge in [-0.1, -0.05) is 6.07 Å². The molecular formula is C7H11ClN2. The third kappa shape index (κ3) is 1.97. The van der Waals surface area contributed by atoms with E-state index in [0.29, 0.717) is 6.54 Å². The van der Waals surface area contributed by atoms with Gasteiger partial charge in [0.25, 0.3) is 0 Å². The van der Waals surface area contributed by atoms with Crippen LogP contribution in [0, 0.1) is 6.92 Å². The number of halogens is 1. The molecule has 2 N–H and O–H groups in total. The Morgan fingerprint density at radius 2 is 2.30 bits per heavy atom. The lowest BCUT2D eigenvalue weighted by molar-refractivity contribution is 0.969. The Morgan fingerprint density at radius 3 is 2.70 bits per heavy atom. The van der Waals surface area contributed by atoms with Crippen molar-refractivity contribution in [3.63, 3.8) is 0 Å². The first-order valence-electron chi connectivity index (χ1n) is 2.95. The van der Waals surface area contributed by atoms with Gasteiger partial charge in [-0.15, -0.1) is 12.4 Å². The van der Waals surface area contributed by atoms with Gasteiger partial charge in [0.2, 0.25) is 0 Å². The Balaban J connectivity index is 0.000000810. The van der Waals surface area contributed by atoms with Crippen molar-refractivity contribution in [1.29, 1.82) is 0 Å². The number of pyridine rings is 1. The molecule has 0 fully saturated rings. The van der Waals surface area contributed by atoms with E-state index in [0.717, 1.165) is 5.69 Å². The lowest BCUT2D eigenvalue weighted by Crippen LogP contribution is -2.00. The van der Waals surface area contributed by atoms with E-state index in [2.05, 4.69) is 4.98 Å². The van der Waals surface area contributed by atoms with Crippen LogP contribution in [0.4, 0.5) is 0 Å². The van der Waals surface area contributed by atoms with E-state index in [1.54, 1.807) is 6.20 Å². The van der Waals surface area contributed by atoms with E-state index in [1.807, 2.05) is 19.1 Å². The molecule has 56 valence electrons. The molecule has 0 amide bonds. The zero-order chi connectivity index (χ0) is 6.69. The molecule has 0 spiro atoms. The average Bonchev–Trinajstić information content (AvgIpc) is 1.89. The summed E-state index contributed by atoms with van der Waals surface area (Å²) in [5.41, 5.74) is 7.54. The molecule has 1 rings (SSSR count). The number of nitrogens with two attached hydrogens (primary N) is 1. The quantitative estimate of drug-likeness (QED) is 0.669. The summed E-state index contributed by atoms with van der Waals surface area (Å²) in [6.45, 7) is 2.54. The minimum Gasteiger partial charge on any atom is -0.325 e. The minimum atomic E-state index is 0. The van der Waals surface area contributed by atoms with Crippen molar-refractivity contribution in [2.24, 2.45) is 5.73 Å². The average molecular weight is 159 g/mol. The first-order chi connectivity index (χ1) is 4.34. The van der Waals surface area contributed by atoms with Crippen molar-refractivity contribution < 1.29 is 0 Å². The second-order valence-electron chi connectivity index (χ2n) is 1.97. The van der Waals surface area contributed by atoms with Crippen LogP contribution in [0.3, 0.4) is 0 Å². The van der Waals surface area contributed by atoms with E-state index in [-0.39, 0.29) is 12.4 Å². The largest absolute Gasteiger partial charge is 0.325 e. The van der Waals surface area contributed by atoms with Crippen molar-refractivity contribution in [1.82, 2.24) is 4.98 Å². The fraction of sp³-hybridized carbons (Fsp3) is 0.286. The first-order valence-corrected chi connectivity index (χ1v) is 2.95. The van der Waals surface area contributed by atoms with Gasteiger partial charge in [-0.25, -0.2) is 0 Å². The maximum Gasteiger partial charge on any atom is 0.0568 e. The number of aromatic nitrogens is 1. The SMILES string of the molecule is Cc1cccnc1CN.Cl. The summed E-state index contributed by atoms with van der Waals surface area (Å²) in [7, 11) is 0. The van der Waals surface area contributed by atoms with E-state index in [1.165, 1.54) is 5.56 Å². The predicted molar refractivity (Wildman–Crippen MR) is 44.1 cm³/mol. The smallest absolute Gasteiger partial charge is 0.0568 e. The van der Waals surface area contributed by atoms with Gasteiger partial charge in [0.1, 0.15) is 0 Å². The number of aryl methyl sites for hydroxylation is 1. The first kappa shape index (κ1) is 9.40. The lowest BCUT2D eigenvalue weighted by Gasteiger charge is -1.97. The Morgan fingerprint density at radius 1 is 1.60 bits per heavy atom. The second kappa shape index (κ2) is 4.25. The molecule has 10 heavy (non-hydrogen) atoms. The van der Waals surface area contributed by atoms with Crippen molar-refractivity contribution in [2.45, 2.75) is 13.5 Å². The zero-order valence-corrected chi connectivity index (χ0v) is 6.69. The van der Waals surface area contributed by atoms with Crippen LogP contribution < -0.4 is 5.73 Å². The molecule has 1 heterocycles. The fourth-order valence-electron chi connectivity index (χ4n) is 0.732. The van der Waals surface area contributed by atoms with E-state index >= 15 is 0 Å². The summed E-state index contributed by atoms with van der Waals surface area (Å²) in [5, 5.41) is 0. The Hall–Kier alpha value is -0.600. The van der Waals surface area contributed by atoms with Crippen LogP contribution in [0.2, 0.25) is 0 Å². The molecule has 0 aromatic carbocycles. The lowest BCUT2D eigenvalue weighted by atomic mass is 10.2. The standard InChI is InChI=1S/C7H10N2.ClH/c1-6-3-2-4-9-7(6)5-8;/h2-4H,5,8H2,1H3;1H. The molecule has 0 aliphatic rings. The Kier molecular flexibility index (Phi) is 4.00. The van der Waals surface area contributed by atoms with Crippen molar-refractivity contribution in [3.05, 3.63) is 29.6 Å². The molecule has 0 atom stereocenters. The van der Waals surface area contributed by atoms with Gasteiger partial charge in [0, 0.05) is 12.7 Å². The fourth-order valence-corrected chi connectivity index (χ4v) is 0.732. The van der Waals surface area contributed by atoms with Gasteiger partial charge in [0.05, 0.1) is 5.69 Å². The number of nitrogens with zero attached hydrogens (tertiary/aromatic N) is 1. The van der Waals surface area contributed by atoms with Crippen LogP contribution in [0.1, 0.15) is 11.3 Å². The van der Waals surface area contributed by atoms with Gasteiger partial charge in [-0.05, 0) is 18.6 Å². The molecule has 0 aliphatic carbocycles. The summed E-state index contributed by atoms with van der Waals surface area (Å²) in [6, 6.07) is 3.92. The molecule has 0 unspecified atom stereocenters. The topological polar surface area (TPSA) is 38.9 Å². The molecular weight excluding hydrogens is 148 g/mol. The third-order valence-corrected chi connectivity index (χ3v) is 1.31. The van der Waals surface area contributed by atoms with Gasteiger partial charge < -0.3 is 5.73 Å². The maximum absolute atomic E-state index is 5.39. The highest BCUT2D eigenvalue weighted by Gasteiger charge is 1.91. The third-order valence-electron chi connectivity index (χ3n) is 1.31. The molecule has 0 saturated heterocycles. The molecule has 0 radical (unpaired) electrons. The normalized spacial score (nSPS) is 8.60. The monoisotopic (exact) mass is 158 g/mol. The van der Waals surface area contributed by atoms with Crippen molar-refractivity contribution in [3.8, 4) is 0 Å². The second-order valence-corrected chi connectivity index (χ2v) is 1.97. The van der Waals surface area contributed by atoms with Crippen LogP contribution in [-0.2, 0) is 6.54 Å². The highest BCUT2D eigenvalue weighted by Crippen LogP contribution is 1.99. The number of hydrogen-bond donors (Lipinski definition) is 1. The van der Waals surface area contributed by atoms with Gasteiger partial charge in [-0.2, -0.15) is 0 Å². The van der Waals surface area contributed by atoms with Crippen molar-refractivity contribution >= 4 is 12.4 Å². The number of rotatable bonds is 1. The van der Waals surface area contributed by atoms with Crippen LogP contribution in [0.25, 0.3) is 0 Å². The van der Waals surface area contributed by atoms with E-state index in [9.17, 15) is 0 Å². The van der Waals surface area contributed by atoms with Crippen molar-refractivity contribution in [2.75, 3.05) is 0 Å². The van der Waals surface area contributed by atoms with Gasteiger partial charge in [0.15, 0.2) is 0 Å². The Bertz CT molecular complexity index is 201. The summed E-state index contributed by atoms with van der Waals surface area (Å²) in [4.78, 5) is 4.07. The molecule has 0 bridgehead atoms. The summed E-state index contributed by atoms with van der Waals surface area (Å²) >= 11 is 0. The maximum atomic E-state index is 5.39. The van der Waals surface area contributed by atoms with E-state index in [4.69, 9.17) is 5.73 Å². The van der Waals surface area contributed by atoms with Gasteiger partial charge in [-0.3, -0.25) is 4.98 Å². The molecule has 2 nitrogen and oxygen atoms in total. The Labute approximate surface area is 66.9 Å². The van der Waals surface area contributed by atoms with Crippen LogP contribution in [-0.4, -0.2) is 4.98 Å². The number of hydrogen-bond acceptors (Lipinski definition) is 2. The zero-order valence-electron chi connectivity index (χ0n) is 5.87. The predicted octanol–water partition coefficient (Wildman–Crippen LogP) is 1.27. The summed E-state index contributed by atoms with van der Waals surface area (Å²) in [6.07, 6.45) is 1.76. The minimum absolute atomic E-state index is 0. The highest BCUT2D eigenvalue weighted by atomic mass is 35.5. The molecule has 3 heteroatoms. The van der Waals surface area contributed by atoms with Crippen LogP contribution in [0.5, 0.6) is 0 Å². The summed E-state index contributed by atoms with van der Waals surface area (Å²) < 4.78 is 0. The molecule has 0 aliphatic heterocycles. The van der Waals surface area contributed by atoms with E-state index < -0.39 is 0 Å². The molecule has 1 aromatic rings. The van der Waals surface area contributed by atoms with Gasteiger partial charge >= 0.3 is 0 Å². The molecule has 1 aromatic heterocycles.